The van der Waals surface area contributed by atoms with Crippen LogP contribution in [0.4, 0.5) is 10.5 Å². The van der Waals surface area contributed by atoms with Gasteiger partial charge in [0.25, 0.3) is 0 Å². The Labute approximate surface area is 127 Å². The fourth-order valence-electron chi connectivity index (χ4n) is 2.05. The monoisotopic (exact) mass is 305 g/mol. The molecule has 2 rings (SSSR count). The first-order chi connectivity index (χ1) is 9.78. The normalized spacial score (nSPS) is 13.0. The first kappa shape index (κ1) is 15.5. The zero-order valence-corrected chi connectivity index (χ0v) is 13.4. The van der Waals surface area contributed by atoms with Crippen LogP contribution < -0.4 is 5.32 Å². The highest BCUT2D eigenvalue weighted by Gasteiger charge is 2.17. The summed E-state index contributed by atoms with van der Waals surface area (Å²) in [6.07, 6.45) is 1.14. The Bertz CT molecular complexity index is 704. The maximum atomic E-state index is 11.9. The number of carbonyl (C=O) groups is 1. The molecule has 2 aromatic carbocycles. The number of rotatable bonds is 2. The van der Waals surface area contributed by atoms with Crippen LogP contribution in [0.25, 0.3) is 10.8 Å². The molecule has 2 aromatic rings. The van der Waals surface area contributed by atoms with E-state index in [4.69, 9.17) is 4.74 Å². The number of carbonyl (C=O) groups excluding carboxylic acids is 1. The molecule has 112 valence electrons. The lowest BCUT2D eigenvalue weighted by Gasteiger charge is -2.20. The average Bonchev–Trinajstić information content (AvgIpc) is 2.36. The molecule has 0 spiro atoms. The summed E-state index contributed by atoms with van der Waals surface area (Å²) in [4.78, 5) is 12.6. The topological polar surface area (TPSA) is 55.4 Å². The summed E-state index contributed by atoms with van der Waals surface area (Å²) < 4.78 is 17.0. The van der Waals surface area contributed by atoms with Crippen molar-refractivity contribution < 1.29 is 13.7 Å². The second kappa shape index (κ2) is 5.85. The third-order valence-electron chi connectivity index (χ3n) is 2.83. The number of benzene rings is 2. The van der Waals surface area contributed by atoms with Gasteiger partial charge in [-0.25, -0.2) is 4.79 Å². The van der Waals surface area contributed by atoms with E-state index in [1.54, 1.807) is 12.3 Å². The molecule has 1 unspecified atom stereocenters. The molecule has 1 amide bonds. The van der Waals surface area contributed by atoms with E-state index in [-0.39, 0.29) is 0 Å². The Hall–Kier alpha value is -1.88. The Morgan fingerprint density at radius 2 is 1.71 bits per heavy atom. The van der Waals surface area contributed by atoms with Gasteiger partial charge in [0.05, 0.1) is 16.5 Å². The van der Waals surface area contributed by atoms with Gasteiger partial charge in [0.1, 0.15) is 5.60 Å². The Morgan fingerprint density at radius 1 is 1.10 bits per heavy atom. The highest BCUT2D eigenvalue weighted by atomic mass is 32.2. The molecule has 0 saturated carbocycles. The average molecular weight is 305 g/mol. The summed E-state index contributed by atoms with van der Waals surface area (Å²) in [6, 6.07) is 11.1. The molecule has 0 aliphatic heterocycles. The molecule has 0 heterocycles. The lowest BCUT2D eigenvalue weighted by Crippen LogP contribution is -2.27. The summed E-state index contributed by atoms with van der Waals surface area (Å²) >= 11 is 0. The Kier molecular flexibility index (Phi) is 4.32. The van der Waals surface area contributed by atoms with Gasteiger partial charge < -0.3 is 4.74 Å². The minimum Gasteiger partial charge on any atom is -0.444 e. The van der Waals surface area contributed by atoms with Crippen LogP contribution in [0.2, 0.25) is 0 Å². The lowest BCUT2D eigenvalue weighted by molar-refractivity contribution is 0.0636. The summed E-state index contributed by atoms with van der Waals surface area (Å²) in [7, 11) is -1.08. The van der Waals surface area contributed by atoms with Crippen LogP contribution in [0.15, 0.2) is 41.3 Å². The van der Waals surface area contributed by atoms with E-state index >= 15 is 0 Å². The predicted octanol–water partition coefficient (Wildman–Crippen LogP) is 3.92. The van der Waals surface area contributed by atoms with E-state index in [2.05, 4.69) is 5.32 Å². The lowest BCUT2D eigenvalue weighted by atomic mass is 10.1. The standard InChI is InChI=1S/C16H19NO3S/c1-16(2,3)20-15(18)17-13-9-5-8-12-11(13)7-6-10-14(12)21(4)19/h5-10H,1-4H3,(H,17,18). The first-order valence-electron chi connectivity index (χ1n) is 6.63. The molecule has 0 fully saturated rings. The van der Waals surface area contributed by atoms with E-state index in [0.29, 0.717) is 5.69 Å². The summed E-state index contributed by atoms with van der Waals surface area (Å²) in [6.45, 7) is 5.44. The summed E-state index contributed by atoms with van der Waals surface area (Å²) in [5.74, 6) is 0. The number of amides is 1. The first-order valence-corrected chi connectivity index (χ1v) is 8.19. The summed E-state index contributed by atoms with van der Waals surface area (Å²) in [5.41, 5.74) is 0.0964. The third kappa shape index (κ3) is 3.82. The van der Waals surface area contributed by atoms with Crippen molar-refractivity contribution in [3.8, 4) is 0 Å². The molecule has 0 bridgehead atoms. The smallest absolute Gasteiger partial charge is 0.412 e. The molecule has 0 radical (unpaired) electrons. The third-order valence-corrected chi connectivity index (χ3v) is 3.80. The molecule has 1 N–H and O–H groups in total. The van der Waals surface area contributed by atoms with Crippen molar-refractivity contribution in [2.24, 2.45) is 0 Å². The fraction of sp³-hybridized carbons (Fsp3) is 0.312. The van der Waals surface area contributed by atoms with Crippen LogP contribution in [0, 0.1) is 0 Å². The van der Waals surface area contributed by atoms with Crippen LogP contribution in [-0.2, 0) is 15.5 Å². The zero-order chi connectivity index (χ0) is 15.6. The van der Waals surface area contributed by atoms with Gasteiger partial charge in [-0.2, -0.15) is 0 Å². The van der Waals surface area contributed by atoms with Gasteiger partial charge in [-0.3, -0.25) is 9.53 Å². The minimum atomic E-state index is -1.08. The van der Waals surface area contributed by atoms with Gasteiger partial charge in [-0.15, -0.1) is 0 Å². The molecular weight excluding hydrogens is 286 g/mol. The van der Waals surface area contributed by atoms with E-state index in [1.165, 1.54) is 0 Å². The summed E-state index contributed by atoms with van der Waals surface area (Å²) in [5, 5.41) is 4.46. The van der Waals surface area contributed by atoms with Crippen LogP contribution in [0.5, 0.6) is 0 Å². The van der Waals surface area contributed by atoms with Crippen molar-refractivity contribution in [3.63, 3.8) is 0 Å². The number of hydrogen-bond donors (Lipinski definition) is 1. The maximum absolute atomic E-state index is 11.9. The molecule has 0 aromatic heterocycles. The van der Waals surface area contributed by atoms with Crippen molar-refractivity contribution in [2.75, 3.05) is 11.6 Å². The molecular formula is C16H19NO3S. The van der Waals surface area contributed by atoms with Gasteiger partial charge in [0, 0.05) is 16.5 Å². The van der Waals surface area contributed by atoms with Crippen molar-refractivity contribution >= 4 is 33.4 Å². The van der Waals surface area contributed by atoms with E-state index in [1.807, 2.05) is 51.1 Å². The van der Waals surface area contributed by atoms with Gasteiger partial charge in [-0.05, 0) is 38.3 Å². The molecule has 21 heavy (non-hydrogen) atoms. The van der Waals surface area contributed by atoms with Crippen molar-refractivity contribution in [1.82, 2.24) is 0 Å². The van der Waals surface area contributed by atoms with Crippen LogP contribution in [-0.4, -0.2) is 22.2 Å². The van der Waals surface area contributed by atoms with E-state index in [9.17, 15) is 9.00 Å². The highest BCUT2D eigenvalue weighted by molar-refractivity contribution is 7.84. The zero-order valence-electron chi connectivity index (χ0n) is 12.6. The largest absolute Gasteiger partial charge is 0.444 e. The van der Waals surface area contributed by atoms with Gasteiger partial charge >= 0.3 is 6.09 Å². The van der Waals surface area contributed by atoms with Crippen molar-refractivity contribution in [2.45, 2.75) is 31.3 Å². The number of hydrogen-bond acceptors (Lipinski definition) is 3. The number of anilines is 1. The van der Waals surface area contributed by atoms with E-state index < -0.39 is 22.5 Å². The molecule has 5 heteroatoms. The van der Waals surface area contributed by atoms with Crippen LogP contribution in [0.3, 0.4) is 0 Å². The number of ether oxygens (including phenoxy) is 1. The van der Waals surface area contributed by atoms with Gasteiger partial charge in [-0.1, -0.05) is 24.3 Å². The van der Waals surface area contributed by atoms with Crippen LogP contribution >= 0.6 is 0 Å². The minimum absolute atomic E-state index is 0.502. The van der Waals surface area contributed by atoms with E-state index in [0.717, 1.165) is 15.7 Å². The van der Waals surface area contributed by atoms with Crippen molar-refractivity contribution in [3.05, 3.63) is 36.4 Å². The molecule has 0 aliphatic carbocycles. The van der Waals surface area contributed by atoms with Crippen LogP contribution in [0.1, 0.15) is 20.8 Å². The van der Waals surface area contributed by atoms with Gasteiger partial charge in [0.2, 0.25) is 0 Å². The second-order valence-corrected chi connectivity index (χ2v) is 7.09. The predicted molar refractivity (Wildman–Crippen MR) is 86.1 cm³/mol. The molecule has 0 aliphatic rings. The highest BCUT2D eigenvalue weighted by Crippen LogP contribution is 2.28. The second-order valence-electron chi connectivity index (χ2n) is 5.74. The maximum Gasteiger partial charge on any atom is 0.412 e. The Balaban J connectivity index is 2.40. The SMILES string of the molecule is CS(=O)c1cccc2c(NC(=O)OC(C)(C)C)cccc12. The molecule has 0 saturated heterocycles. The number of fused-ring (bicyclic) bond motifs is 1. The van der Waals surface area contributed by atoms with Gasteiger partial charge in [0.15, 0.2) is 0 Å². The molecule has 1 atom stereocenters. The fourth-order valence-corrected chi connectivity index (χ4v) is 2.81. The Morgan fingerprint density at radius 3 is 2.33 bits per heavy atom. The quantitative estimate of drug-likeness (QED) is 0.914. The number of nitrogens with one attached hydrogen (secondary N) is 1. The molecule has 4 nitrogen and oxygen atoms in total. The van der Waals surface area contributed by atoms with Crippen molar-refractivity contribution in [1.29, 1.82) is 0 Å².